The molecule has 2 unspecified atom stereocenters. The Kier molecular flexibility index (Phi) is 6.48. The van der Waals surface area contributed by atoms with Crippen molar-refractivity contribution in [2.24, 2.45) is 0 Å². The second kappa shape index (κ2) is 9.23. The second-order valence-electron chi connectivity index (χ2n) is 6.44. The van der Waals surface area contributed by atoms with Crippen molar-refractivity contribution in [3.05, 3.63) is 53.6 Å². The zero-order valence-corrected chi connectivity index (χ0v) is 16.4. The lowest BCUT2D eigenvalue weighted by molar-refractivity contribution is -0.134. The predicted molar refractivity (Wildman–Crippen MR) is 105 cm³/mol. The van der Waals surface area contributed by atoms with Crippen molar-refractivity contribution in [2.75, 3.05) is 6.61 Å². The van der Waals surface area contributed by atoms with Crippen molar-refractivity contribution in [3.63, 3.8) is 0 Å². The molecule has 0 spiro atoms. The highest BCUT2D eigenvalue weighted by Crippen LogP contribution is 2.41. The Morgan fingerprint density at radius 2 is 1.73 bits per heavy atom. The van der Waals surface area contributed by atoms with E-state index >= 15 is 0 Å². The molecule has 0 aromatic heterocycles. The molecule has 1 N–H and O–H groups in total. The Bertz CT molecular complexity index is 995. The van der Waals surface area contributed by atoms with E-state index in [1.54, 1.807) is 36.4 Å². The summed E-state index contributed by atoms with van der Waals surface area (Å²) in [6.45, 7) is 2.35. The standard InChI is InChI=1S/C22H20O8/c1-13(25)27-17-8-6-16(11-20(17)28-14(2)26)22-21(12-24)29-18-7-5-15(4-3-9-23)10-19(18)30-22/h3-8,10-12,21-23H,9H2,1-2H3/b4-3+. The Balaban J connectivity index is 1.97. The molecule has 0 saturated carbocycles. The maximum Gasteiger partial charge on any atom is 0.308 e. The molecule has 0 amide bonds. The van der Waals surface area contributed by atoms with Gasteiger partial charge in [-0.2, -0.15) is 0 Å². The number of hydrogen-bond acceptors (Lipinski definition) is 8. The Morgan fingerprint density at radius 3 is 2.40 bits per heavy atom. The van der Waals surface area contributed by atoms with Gasteiger partial charge in [0.25, 0.3) is 0 Å². The smallest absolute Gasteiger partial charge is 0.308 e. The quantitative estimate of drug-likeness (QED) is 0.438. The molecule has 156 valence electrons. The highest BCUT2D eigenvalue weighted by molar-refractivity contribution is 5.74. The average Bonchev–Trinajstić information content (AvgIpc) is 2.71. The largest absolute Gasteiger partial charge is 0.477 e. The van der Waals surface area contributed by atoms with Gasteiger partial charge in [0.15, 0.2) is 41.5 Å². The van der Waals surface area contributed by atoms with Crippen molar-refractivity contribution in [2.45, 2.75) is 26.1 Å². The molecule has 8 nitrogen and oxygen atoms in total. The highest BCUT2D eigenvalue weighted by atomic mass is 16.6. The van der Waals surface area contributed by atoms with Crippen LogP contribution in [0, 0.1) is 0 Å². The first-order valence-corrected chi connectivity index (χ1v) is 9.12. The van der Waals surface area contributed by atoms with Gasteiger partial charge in [-0.1, -0.05) is 24.3 Å². The fourth-order valence-corrected chi connectivity index (χ4v) is 2.95. The maximum absolute atomic E-state index is 11.6. The Hall–Kier alpha value is -3.65. The first kappa shape index (κ1) is 21.1. The number of benzene rings is 2. The van der Waals surface area contributed by atoms with Gasteiger partial charge in [0, 0.05) is 19.4 Å². The number of hydrogen-bond donors (Lipinski definition) is 1. The predicted octanol–water partition coefficient (Wildman–Crippen LogP) is 2.62. The van der Waals surface area contributed by atoms with Crippen molar-refractivity contribution in [1.29, 1.82) is 0 Å². The zero-order chi connectivity index (χ0) is 21.7. The molecule has 1 heterocycles. The SMILES string of the molecule is CC(=O)Oc1ccc(C2Oc3cc(/C=C/CO)ccc3OC2C=O)cc1OC(C)=O. The van der Waals surface area contributed by atoms with Gasteiger partial charge in [0.2, 0.25) is 0 Å². The van der Waals surface area contributed by atoms with Crippen LogP contribution in [-0.4, -0.2) is 36.0 Å². The summed E-state index contributed by atoms with van der Waals surface area (Å²) < 4.78 is 22.0. The summed E-state index contributed by atoms with van der Waals surface area (Å²) in [4.78, 5) is 34.4. The monoisotopic (exact) mass is 412 g/mol. The molecular weight excluding hydrogens is 392 g/mol. The minimum Gasteiger partial charge on any atom is -0.477 e. The summed E-state index contributed by atoms with van der Waals surface area (Å²) in [6.07, 6.45) is 2.15. The van der Waals surface area contributed by atoms with Crippen LogP contribution in [0.5, 0.6) is 23.0 Å². The number of aliphatic hydroxyl groups excluding tert-OH is 1. The van der Waals surface area contributed by atoms with Crippen LogP contribution in [0.4, 0.5) is 0 Å². The van der Waals surface area contributed by atoms with Gasteiger partial charge < -0.3 is 24.1 Å². The topological polar surface area (TPSA) is 108 Å². The normalized spacial score (nSPS) is 17.4. The summed E-state index contributed by atoms with van der Waals surface area (Å²) in [5.41, 5.74) is 1.27. The van der Waals surface area contributed by atoms with Gasteiger partial charge in [-0.3, -0.25) is 14.4 Å². The summed E-state index contributed by atoms with van der Waals surface area (Å²) >= 11 is 0. The fourth-order valence-electron chi connectivity index (χ4n) is 2.95. The van der Waals surface area contributed by atoms with Crippen LogP contribution >= 0.6 is 0 Å². The summed E-state index contributed by atoms with van der Waals surface area (Å²) in [5.74, 6) is -0.264. The lowest BCUT2D eigenvalue weighted by atomic mass is 10.0. The van der Waals surface area contributed by atoms with Gasteiger partial charge >= 0.3 is 11.9 Å². The molecule has 0 bridgehead atoms. The summed E-state index contributed by atoms with van der Waals surface area (Å²) in [6, 6.07) is 9.67. The van der Waals surface area contributed by atoms with Gasteiger partial charge in [-0.25, -0.2) is 0 Å². The fraction of sp³-hybridized carbons (Fsp3) is 0.227. The van der Waals surface area contributed by atoms with E-state index in [4.69, 9.17) is 24.1 Å². The van der Waals surface area contributed by atoms with Crippen LogP contribution in [0.2, 0.25) is 0 Å². The number of carbonyl (C=O) groups excluding carboxylic acids is 3. The maximum atomic E-state index is 11.6. The van der Waals surface area contributed by atoms with Gasteiger partial charge in [-0.15, -0.1) is 0 Å². The van der Waals surface area contributed by atoms with Gasteiger partial charge in [0.1, 0.15) is 0 Å². The highest BCUT2D eigenvalue weighted by Gasteiger charge is 2.33. The number of fused-ring (bicyclic) bond motifs is 1. The van der Waals surface area contributed by atoms with E-state index in [0.29, 0.717) is 23.3 Å². The molecule has 30 heavy (non-hydrogen) atoms. The van der Waals surface area contributed by atoms with Crippen LogP contribution in [-0.2, 0) is 14.4 Å². The molecule has 2 aromatic carbocycles. The van der Waals surface area contributed by atoms with Crippen molar-refractivity contribution in [3.8, 4) is 23.0 Å². The average molecular weight is 412 g/mol. The van der Waals surface area contributed by atoms with Crippen molar-refractivity contribution >= 4 is 24.3 Å². The molecule has 0 aliphatic carbocycles. The lowest BCUT2D eigenvalue weighted by Gasteiger charge is -2.31. The van der Waals surface area contributed by atoms with Gasteiger partial charge in [0.05, 0.1) is 6.61 Å². The lowest BCUT2D eigenvalue weighted by Crippen LogP contribution is -2.34. The number of rotatable bonds is 6. The number of esters is 2. The third-order valence-corrected chi connectivity index (χ3v) is 4.14. The van der Waals surface area contributed by atoms with E-state index in [-0.39, 0.29) is 18.1 Å². The van der Waals surface area contributed by atoms with Crippen molar-refractivity contribution in [1.82, 2.24) is 0 Å². The molecule has 0 radical (unpaired) electrons. The van der Waals surface area contributed by atoms with Crippen molar-refractivity contribution < 1.29 is 38.4 Å². The van der Waals surface area contributed by atoms with E-state index < -0.39 is 24.1 Å². The van der Waals surface area contributed by atoms with E-state index in [9.17, 15) is 14.4 Å². The zero-order valence-electron chi connectivity index (χ0n) is 16.4. The van der Waals surface area contributed by atoms with E-state index in [2.05, 4.69) is 0 Å². The molecule has 2 atom stereocenters. The number of ether oxygens (including phenoxy) is 4. The molecule has 0 saturated heterocycles. The number of aldehydes is 1. The van der Waals surface area contributed by atoms with Crippen LogP contribution in [0.1, 0.15) is 31.1 Å². The third-order valence-electron chi connectivity index (χ3n) is 4.14. The van der Waals surface area contributed by atoms with Crippen LogP contribution in [0.15, 0.2) is 42.5 Å². The molecule has 1 aliphatic rings. The molecule has 8 heteroatoms. The van der Waals surface area contributed by atoms with Gasteiger partial charge in [-0.05, 0) is 29.8 Å². The summed E-state index contributed by atoms with van der Waals surface area (Å²) in [5, 5.41) is 8.94. The van der Waals surface area contributed by atoms with Crippen LogP contribution in [0.25, 0.3) is 6.08 Å². The minimum absolute atomic E-state index is 0.0221. The van der Waals surface area contributed by atoms with E-state index in [1.165, 1.54) is 26.0 Å². The second-order valence-corrected chi connectivity index (χ2v) is 6.44. The third kappa shape index (κ3) is 4.84. The first-order chi connectivity index (χ1) is 14.4. The molecular formula is C22H20O8. The first-order valence-electron chi connectivity index (χ1n) is 9.12. The molecule has 1 aliphatic heterocycles. The van der Waals surface area contributed by atoms with Crippen LogP contribution in [0.3, 0.4) is 0 Å². The summed E-state index contributed by atoms with van der Waals surface area (Å²) in [7, 11) is 0. The molecule has 2 aromatic rings. The molecule has 3 rings (SSSR count). The van der Waals surface area contributed by atoms with E-state index in [0.717, 1.165) is 5.56 Å². The van der Waals surface area contributed by atoms with E-state index in [1.807, 2.05) is 0 Å². The minimum atomic E-state index is -0.943. The molecule has 0 fully saturated rings. The Labute approximate surface area is 172 Å². The number of carbonyl (C=O) groups is 3. The number of aliphatic hydroxyl groups is 1. The Morgan fingerprint density at radius 1 is 1.00 bits per heavy atom. The van der Waals surface area contributed by atoms with Crippen LogP contribution < -0.4 is 18.9 Å².